The highest BCUT2D eigenvalue weighted by atomic mass is 16.5. The van der Waals surface area contributed by atoms with Gasteiger partial charge in [-0.2, -0.15) is 0 Å². The molecule has 86 valence electrons. The lowest BCUT2D eigenvalue weighted by atomic mass is 9.61. The first-order valence-electron chi connectivity index (χ1n) is 5.49. The highest BCUT2D eigenvalue weighted by molar-refractivity contribution is 6.11. The van der Waals surface area contributed by atoms with E-state index in [4.69, 9.17) is 4.74 Å². The molecular weight excluding hydrogens is 204 g/mol. The van der Waals surface area contributed by atoms with E-state index in [9.17, 15) is 9.59 Å². The van der Waals surface area contributed by atoms with E-state index in [2.05, 4.69) is 6.08 Å². The molecule has 2 aliphatic rings. The van der Waals surface area contributed by atoms with Gasteiger partial charge in [0.1, 0.15) is 0 Å². The van der Waals surface area contributed by atoms with Crippen LogP contribution in [0.4, 0.5) is 0 Å². The summed E-state index contributed by atoms with van der Waals surface area (Å²) in [5.74, 6) is -0.0538. The van der Waals surface area contributed by atoms with Crippen LogP contribution in [-0.2, 0) is 14.3 Å². The van der Waals surface area contributed by atoms with Gasteiger partial charge in [-0.05, 0) is 19.8 Å². The molecule has 0 saturated heterocycles. The van der Waals surface area contributed by atoms with Crippen molar-refractivity contribution in [3.05, 3.63) is 23.5 Å². The lowest BCUT2D eigenvalue weighted by Crippen LogP contribution is -2.45. The molecule has 0 amide bonds. The first-order valence-corrected chi connectivity index (χ1v) is 5.49. The van der Waals surface area contributed by atoms with Crippen molar-refractivity contribution in [2.75, 3.05) is 7.11 Å². The maximum atomic E-state index is 12.1. The molecule has 0 aliphatic heterocycles. The van der Waals surface area contributed by atoms with Gasteiger partial charge in [-0.25, -0.2) is 0 Å². The summed E-state index contributed by atoms with van der Waals surface area (Å²) in [6.07, 6.45) is 4.74. The summed E-state index contributed by atoms with van der Waals surface area (Å²) >= 11 is 0. The number of fused-ring (bicyclic) bond motifs is 1. The fraction of sp³-hybridized carbons (Fsp3) is 0.538. The van der Waals surface area contributed by atoms with Crippen molar-refractivity contribution >= 4 is 11.6 Å². The molecule has 0 heterocycles. The van der Waals surface area contributed by atoms with Crippen molar-refractivity contribution in [2.24, 2.45) is 11.3 Å². The van der Waals surface area contributed by atoms with E-state index in [0.717, 1.165) is 0 Å². The van der Waals surface area contributed by atoms with Crippen LogP contribution in [0, 0.1) is 11.3 Å². The molecule has 0 unspecified atom stereocenters. The van der Waals surface area contributed by atoms with Crippen LogP contribution in [0.25, 0.3) is 0 Å². The van der Waals surface area contributed by atoms with Gasteiger partial charge in [0.15, 0.2) is 11.5 Å². The van der Waals surface area contributed by atoms with Crippen LogP contribution < -0.4 is 0 Å². The molecule has 3 nitrogen and oxygen atoms in total. The van der Waals surface area contributed by atoms with E-state index >= 15 is 0 Å². The first-order chi connectivity index (χ1) is 7.49. The third-order valence-corrected chi connectivity index (χ3v) is 3.77. The third-order valence-electron chi connectivity index (χ3n) is 3.77. The summed E-state index contributed by atoms with van der Waals surface area (Å²) in [6, 6.07) is 0. The Hall–Kier alpha value is -1.38. The Kier molecular flexibility index (Phi) is 2.49. The maximum absolute atomic E-state index is 12.1. The SMILES string of the molecule is COC1=CC(=O)[C@@]2(C)CC=C(C)C[C@H]2C1=O. The summed E-state index contributed by atoms with van der Waals surface area (Å²) in [6.45, 7) is 3.88. The Balaban J connectivity index is 2.46. The van der Waals surface area contributed by atoms with E-state index < -0.39 is 5.41 Å². The Labute approximate surface area is 95.2 Å². The number of carbonyl (C=O) groups excluding carboxylic acids is 2. The van der Waals surface area contributed by atoms with Crippen LogP contribution in [0.15, 0.2) is 23.5 Å². The number of hydrogen-bond acceptors (Lipinski definition) is 3. The summed E-state index contributed by atoms with van der Waals surface area (Å²) in [5, 5.41) is 0. The van der Waals surface area contributed by atoms with Crippen molar-refractivity contribution in [1.82, 2.24) is 0 Å². The van der Waals surface area contributed by atoms with Crippen LogP contribution in [0.3, 0.4) is 0 Å². The molecule has 16 heavy (non-hydrogen) atoms. The highest BCUT2D eigenvalue weighted by Gasteiger charge is 2.49. The second kappa shape index (κ2) is 3.58. The summed E-state index contributed by atoms with van der Waals surface area (Å²) in [4.78, 5) is 24.1. The number of carbonyl (C=O) groups is 2. The van der Waals surface area contributed by atoms with Crippen molar-refractivity contribution in [3.63, 3.8) is 0 Å². The van der Waals surface area contributed by atoms with Gasteiger partial charge in [0.25, 0.3) is 0 Å². The minimum atomic E-state index is -0.557. The van der Waals surface area contributed by atoms with Gasteiger partial charge in [0.2, 0.25) is 5.78 Å². The van der Waals surface area contributed by atoms with Crippen LogP contribution in [0.5, 0.6) is 0 Å². The molecule has 0 N–H and O–H groups in total. The second-order valence-corrected chi connectivity index (χ2v) is 4.87. The van der Waals surface area contributed by atoms with Crippen LogP contribution in [0.1, 0.15) is 26.7 Å². The molecule has 2 rings (SSSR count). The number of ketones is 2. The number of Topliss-reactive ketones (excluding diaryl/α,β-unsaturated/α-hetero) is 1. The minimum absolute atomic E-state index is 0.0118. The number of hydrogen-bond donors (Lipinski definition) is 0. The number of methoxy groups -OCH3 is 1. The lowest BCUT2D eigenvalue weighted by Gasteiger charge is -2.40. The van der Waals surface area contributed by atoms with Crippen molar-refractivity contribution in [2.45, 2.75) is 26.7 Å². The fourth-order valence-electron chi connectivity index (χ4n) is 2.50. The fourth-order valence-corrected chi connectivity index (χ4v) is 2.50. The van der Waals surface area contributed by atoms with Gasteiger partial charge in [-0.15, -0.1) is 0 Å². The largest absolute Gasteiger partial charge is 0.493 e. The highest BCUT2D eigenvalue weighted by Crippen LogP contribution is 2.45. The van der Waals surface area contributed by atoms with E-state index in [0.29, 0.717) is 12.8 Å². The number of rotatable bonds is 1. The van der Waals surface area contributed by atoms with E-state index in [1.807, 2.05) is 13.8 Å². The zero-order valence-corrected chi connectivity index (χ0v) is 9.87. The molecule has 0 aromatic carbocycles. The Morgan fingerprint density at radius 1 is 1.44 bits per heavy atom. The summed E-state index contributed by atoms with van der Waals surface area (Å²) < 4.78 is 4.97. The predicted molar refractivity (Wildman–Crippen MR) is 59.7 cm³/mol. The zero-order chi connectivity index (χ0) is 11.9. The molecule has 0 saturated carbocycles. The van der Waals surface area contributed by atoms with Crippen LogP contribution in [0.2, 0.25) is 0 Å². The number of ether oxygens (including phenoxy) is 1. The Morgan fingerprint density at radius 3 is 2.75 bits per heavy atom. The summed E-state index contributed by atoms with van der Waals surface area (Å²) in [7, 11) is 1.44. The Morgan fingerprint density at radius 2 is 2.12 bits per heavy atom. The standard InChI is InChI=1S/C13H16O3/c1-8-4-5-13(2)9(6-8)12(15)10(16-3)7-11(13)14/h4,7,9H,5-6H2,1-3H3/t9-,13-/m0/s1. The van der Waals surface area contributed by atoms with Crippen LogP contribution in [-0.4, -0.2) is 18.7 Å². The molecule has 0 radical (unpaired) electrons. The van der Waals surface area contributed by atoms with Crippen molar-refractivity contribution in [3.8, 4) is 0 Å². The average molecular weight is 220 g/mol. The monoisotopic (exact) mass is 220 g/mol. The molecule has 0 fully saturated rings. The second-order valence-electron chi connectivity index (χ2n) is 4.87. The van der Waals surface area contributed by atoms with Gasteiger partial charge in [-0.3, -0.25) is 9.59 Å². The van der Waals surface area contributed by atoms with E-state index in [1.165, 1.54) is 18.8 Å². The molecule has 0 aromatic rings. The molecular formula is C13H16O3. The normalized spacial score (nSPS) is 34.1. The first kappa shape index (κ1) is 11.1. The van der Waals surface area contributed by atoms with Crippen molar-refractivity contribution < 1.29 is 14.3 Å². The molecule has 2 atom stereocenters. The average Bonchev–Trinajstić information content (AvgIpc) is 2.26. The van der Waals surface area contributed by atoms with Crippen molar-refractivity contribution in [1.29, 1.82) is 0 Å². The lowest BCUT2D eigenvalue weighted by molar-refractivity contribution is -0.138. The quantitative estimate of drug-likeness (QED) is 0.635. The smallest absolute Gasteiger partial charge is 0.201 e. The van der Waals surface area contributed by atoms with Gasteiger partial charge >= 0.3 is 0 Å². The topological polar surface area (TPSA) is 43.4 Å². The van der Waals surface area contributed by atoms with Gasteiger partial charge in [-0.1, -0.05) is 18.6 Å². The van der Waals surface area contributed by atoms with Crippen LogP contribution >= 0.6 is 0 Å². The maximum Gasteiger partial charge on any atom is 0.201 e. The Bertz CT molecular complexity index is 417. The molecule has 0 spiro atoms. The summed E-state index contributed by atoms with van der Waals surface area (Å²) in [5.41, 5.74) is 0.625. The van der Waals surface area contributed by atoms with Gasteiger partial charge in [0, 0.05) is 17.4 Å². The molecule has 0 aromatic heterocycles. The third kappa shape index (κ3) is 1.42. The molecule has 2 aliphatic carbocycles. The van der Waals surface area contributed by atoms with E-state index in [-0.39, 0.29) is 23.2 Å². The molecule has 0 bridgehead atoms. The minimum Gasteiger partial charge on any atom is -0.493 e. The number of allylic oxidation sites excluding steroid dienone is 4. The van der Waals surface area contributed by atoms with Gasteiger partial charge < -0.3 is 4.74 Å². The zero-order valence-electron chi connectivity index (χ0n) is 9.87. The molecule has 3 heteroatoms. The van der Waals surface area contributed by atoms with E-state index in [1.54, 1.807) is 0 Å². The van der Waals surface area contributed by atoms with Gasteiger partial charge in [0.05, 0.1) is 7.11 Å². The predicted octanol–water partition coefficient (Wildman–Crippen LogP) is 2.03.